The minimum absolute atomic E-state index is 0.741. The van der Waals surface area contributed by atoms with Crippen LogP contribution in [0.5, 0.6) is 0 Å². The fraction of sp³-hybridized carbons (Fsp3) is 0.600. The van der Waals surface area contributed by atoms with Gasteiger partial charge in [0.15, 0.2) is 0 Å². The van der Waals surface area contributed by atoms with E-state index in [4.69, 9.17) is 0 Å². The van der Waals surface area contributed by atoms with E-state index in [0.29, 0.717) is 0 Å². The van der Waals surface area contributed by atoms with Crippen molar-refractivity contribution >= 4 is 5.69 Å². The molecule has 0 spiro atoms. The normalized spacial score (nSPS) is 9.69. The number of rotatable bonds is 3. The van der Waals surface area contributed by atoms with Gasteiger partial charge in [0, 0.05) is 19.8 Å². The predicted octanol–water partition coefficient (Wildman–Crippen LogP) is 4.37. The molecule has 16 heavy (non-hydrogen) atoms. The van der Waals surface area contributed by atoms with Crippen LogP contribution >= 0.6 is 0 Å². The van der Waals surface area contributed by atoms with E-state index in [1.165, 1.54) is 24.1 Å². The lowest BCUT2D eigenvalue weighted by atomic mass is 10.0. The molecule has 1 nitrogen and oxygen atoms in total. The lowest BCUT2D eigenvalue weighted by Gasteiger charge is -2.13. The zero-order valence-corrected chi connectivity index (χ0v) is 11.7. The molecule has 0 N–H and O–H groups in total. The van der Waals surface area contributed by atoms with E-state index in [2.05, 4.69) is 71.0 Å². The van der Waals surface area contributed by atoms with Gasteiger partial charge in [-0.05, 0) is 30.0 Å². The van der Waals surface area contributed by atoms with Crippen LogP contribution in [0.4, 0.5) is 5.69 Å². The van der Waals surface area contributed by atoms with Gasteiger partial charge in [-0.2, -0.15) is 0 Å². The lowest BCUT2D eigenvalue weighted by Crippen LogP contribution is -2.08. The maximum Gasteiger partial charge on any atom is 0.0361 e. The molecule has 0 saturated heterocycles. The van der Waals surface area contributed by atoms with Crippen molar-refractivity contribution in [3.63, 3.8) is 0 Å². The Morgan fingerprint density at radius 1 is 1.00 bits per heavy atom. The van der Waals surface area contributed by atoms with Gasteiger partial charge in [-0.1, -0.05) is 46.2 Å². The summed E-state index contributed by atoms with van der Waals surface area (Å²) >= 11 is 0. The summed E-state index contributed by atoms with van der Waals surface area (Å²) in [4.78, 5) is 2.12. The third-order valence-electron chi connectivity index (χ3n) is 2.10. The van der Waals surface area contributed by atoms with Crippen molar-refractivity contribution in [1.82, 2.24) is 0 Å². The van der Waals surface area contributed by atoms with Crippen molar-refractivity contribution in [1.29, 1.82) is 0 Å². The molecule has 1 rings (SSSR count). The number of hydrogen-bond acceptors (Lipinski definition) is 1. The largest absolute Gasteiger partial charge is 0.378 e. The highest BCUT2D eigenvalue weighted by Gasteiger charge is 1.98. The minimum Gasteiger partial charge on any atom is -0.378 e. The fourth-order valence-electron chi connectivity index (χ4n) is 1.40. The predicted molar refractivity (Wildman–Crippen MR) is 75.3 cm³/mol. The van der Waals surface area contributed by atoms with E-state index < -0.39 is 0 Å². The van der Waals surface area contributed by atoms with Crippen molar-refractivity contribution in [3.8, 4) is 0 Å². The highest BCUT2D eigenvalue weighted by atomic mass is 15.1. The Balaban J connectivity index is 0.000000673. The Kier molecular flexibility index (Phi) is 7.70. The molecule has 0 fully saturated rings. The van der Waals surface area contributed by atoms with Crippen LogP contribution in [0.25, 0.3) is 0 Å². The first kappa shape index (κ1) is 15.0. The molecule has 1 heteroatoms. The summed E-state index contributed by atoms with van der Waals surface area (Å²) in [5.74, 6) is 0.741. The SMILES string of the molecule is CC(C)Cc1ccc(N(C)C)cc1.CCC. The van der Waals surface area contributed by atoms with Gasteiger partial charge in [-0.3, -0.25) is 0 Å². The van der Waals surface area contributed by atoms with E-state index in [1.54, 1.807) is 0 Å². The van der Waals surface area contributed by atoms with Gasteiger partial charge in [0.2, 0.25) is 0 Å². The van der Waals surface area contributed by atoms with Gasteiger partial charge < -0.3 is 4.90 Å². The van der Waals surface area contributed by atoms with Crippen molar-refractivity contribution in [2.75, 3.05) is 19.0 Å². The zero-order valence-electron chi connectivity index (χ0n) is 11.7. The summed E-state index contributed by atoms with van der Waals surface area (Å²) in [6.07, 6.45) is 2.42. The van der Waals surface area contributed by atoms with Gasteiger partial charge in [0.1, 0.15) is 0 Å². The van der Waals surface area contributed by atoms with Crippen LogP contribution in [0.3, 0.4) is 0 Å². The van der Waals surface area contributed by atoms with Crippen LogP contribution in [-0.4, -0.2) is 14.1 Å². The highest BCUT2D eigenvalue weighted by Crippen LogP contribution is 2.14. The Labute approximate surface area is 101 Å². The van der Waals surface area contributed by atoms with Crippen LogP contribution in [0.2, 0.25) is 0 Å². The lowest BCUT2D eigenvalue weighted by molar-refractivity contribution is 0.647. The molecule has 0 aliphatic carbocycles. The van der Waals surface area contributed by atoms with Crippen molar-refractivity contribution in [3.05, 3.63) is 29.8 Å². The summed E-state index contributed by atoms with van der Waals surface area (Å²) in [6, 6.07) is 8.79. The van der Waals surface area contributed by atoms with E-state index in [-0.39, 0.29) is 0 Å². The maximum absolute atomic E-state index is 2.25. The molecule has 0 atom stereocenters. The molecule has 0 aromatic heterocycles. The molecule has 0 radical (unpaired) electrons. The minimum atomic E-state index is 0.741. The summed E-state index contributed by atoms with van der Waals surface area (Å²) in [7, 11) is 4.13. The van der Waals surface area contributed by atoms with Gasteiger partial charge in [0.05, 0.1) is 0 Å². The number of nitrogens with zero attached hydrogens (tertiary/aromatic N) is 1. The molecule has 0 unspecified atom stereocenters. The Bertz CT molecular complexity index is 259. The van der Waals surface area contributed by atoms with Crippen molar-refractivity contribution < 1.29 is 0 Å². The fourth-order valence-corrected chi connectivity index (χ4v) is 1.40. The topological polar surface area (TPSA) is 3.24 Å². The van der Waals surface area contributed by atoms with Crippen molar-refractivity contribution in [2.45, 2.75) is 40.5 Å². The monoisotopic (exact) mass is 221 g/mol. The van der Waals surface area contributed by atoms with Crippen LogP contribution in [0.1, 0.15) is 39.7 Å². The molecule has 0 amide bonds. The van der Waals surface area contributed by atoms with Gasteiger partial charge in [-0.15, -0.1) is 0 Å². The van der Waals surface area contributed by atoms with Crippen LogP contribution in [0.15, 0.2) is 24.3 Å². The molecule has 0 aliphatic rings. The third-order valence-corrected chi connectivity index (χ3v) is 2.10. The van der Waals surface area contributed by atoms with E-state index in [1.807, 2.05) is 0 Å². The Morgan fingerprint density at radius 3 is 1.75 bits per heavy atom. The molecule has 0 aliphatic heterocycles. The third kappa shape index (κ3) is 6.49. The number of anilines is 1. The second kappa shape index (κ2) is 8.20. The molecule has 92 valence electrons. The molecule has 0 bridgehead atoms. The van der Waals surface area contributed by atoms with Gasteiger partial charge in [-0.25, -0.2) is 0 Å². The summed E-state index contributed by atoms with van der Waals surface area (Å²) < 4.78 is 0. The summed E-state index contributed by atoms with van der Waals surface area (Å²) in [5, 5.41) is 0. The second-order valence-electron chi connectivity index (χ2n) is 4.87. The first-order valence-electron chi connectivity index (χ1n) is 6.27. The molecular formula is C15H27N. The highest BCUT2D eigenvalue weighted by molar-refractivity contribution is 5.45. The summed E-state index contributed by atoms with van der Waals surface area (Å²) in [6.45, 7) is 8.75. The summed E-state index contributed by atoms with van der Waals surface area (Å²) in [5.41, 5.74) is 2.70. The average Bonchev–Trinajstić information content (AvgIpc) is 2.18. The Morgan fingerprint density at radius 2 is 1.44 bits per heavy atom. The molecule has 0 saturated carbocycles. The Hall–Kier alpha value is -0.980. The zero-order chi connectivity index (χ0) is 12.6. The molecule has 1 aromatic carbocycles. The van der Waals surface area contributed by atoms with E-state index >= 15 is 0 Å². The smallest absolute Gasteiger partial charge is 0.0361 e. The number of benzene rings is 1. The first-order valence-corrected chi connectivity index (χ1v) is 6.27. The van der Waals surface area contributed by atoms with Crippen LogP contribution < -0.4 is 4.90 Å². The number of hydrogen-bond donors (Lipinski definition) is 0. The molecule has 1 aromatic rings. The van der Waals surface area contributed by atoms with Gasteiger partial charge >= 0.3 is 0 Å². The average molecular weight is 221 g/mol. The quantitative estimate of drug-likeness (QED) is 0.732. The second-order valence-corrected chi connectivity index (χ2v) is 4.87. The van der Waals surface area contributed by atoms with Gasteiger partial charge in [0.25, 0.3) is 0 Å². The molecule has 0 heterocycles. The van der Waals surface area contributed by atoms with Crippen LogP contribution in [0, 0.1) is 5.92 Å². The first-order chi connectivity index (χ1) is 7.51. The standard InChI is InChI=1S/C12H19N.C3H8/c1-10(2)9-11-5-7-12(8-6-11)13(3)4;1-3-2/h5-8,10H,9H2,1-4H3;3H2,1-2H3. The van der Waals surface area contributed by atoms with Crippen LogP contribution in [-0.2, 0) is 6.42 Å². The maximum atomic E-state index is 2.25. The molecular weight excluding hydrogens is 194 g/mol. The van der Waals surface area contributed by atoms with E-state index in [0.717, 1.165) is 5.92 Å². The van der Waals surface area contributed by atoms with Crippen molar-refractivity contribution in [2.24, 2.45) is 5.92 Å². The van der Waals surface area contributed by atoms with E-state index in [9.17, 15) is 0 Å².